The summed E-state index contributed by atoms with van der Waals surface area (Å²) >= 11 is 0. The van der Waals surface area contributed by atoms with Crippen LogP contribution in [0.15, 0.2) is 36.7 Å². The van der Waals surface area contributed by atoms with Crippen molar-refractivity contribution in [2.75, 3.05) is 0 Å². The number of halogens is 1. The minimum Gasteiger partial charge on any atom is -0.465 e. The highest BCUT2D eigenvalue weighted by Gasteiger charge is 2.53. The average Bonchev–Trinajstić information content (AvgIpc) is 3.50. The molecule has 0 spiro atoms. The summed E-state index contributed by atoms with van der Waals surface area (Å²) in [5, 5.41) is 20.1. The van der Waals surface area contributed by atoms with Crippen LogP contribution in [0, 0.1) is 11.7 Å². The van der Waals surface area contributed by atoms with Gasteiger partial charge in [0.25, 0.3) is 0 Å². The van der Waals surface area contributed by atoms with Gasteiger partial charge in [0.05, 0.1) is 5.56 Å². The first kappa shape index (κ1) is 17.5. The zero-order valence-electron chi connectivity index (χ0n) is 16.4. The van der Waals surface area contributed by atoms with E-state index in [9.17, 15) is 4.39 Å². The number of hydrogen-bond acceptors (Lipinski definition) is 6. The number of ether oxygens (including phenoxy) is 1. The fourth-order valence-electron chi connectivity index (χ4n) is 5.02. The van der Waals surface area contributed by atoms with E-state index in [2.05, 4.69) is 25.4 Å². The molecule has 1 unspecified atom stereocenters. The van der Waals surface area contributed by atoms with Gasteiger partial charge < -0.3 is 4.74 Å². The van der Waals surface area contributed by atoms with Crippen LogP contribution in [0.4, 0.5) is 4.39 Å². The number of benzene rings is 1. The first-order valence-electron chi connectivity index (χ1n) is 10.2. The highest BCUT2D eigenvalue weighted by Crippen LogP contribution is 2.61. The third-order valence-electron chi connectivity index (χ3n) is 6.52. The molecule has 3 heterocycles. The van der Waals surface area contributed by atoms with Crippen molar-refractivity contribution in [1.82, 2.24) is 35.0 Å². The second kappa shape index (κ2) is 6.32. The van der Waals surface area contributed by atoms with Gasteiger partial charge in [0.1, 0.15) is 12.1 Å². The molecule has 30 heavy (non-hydrogen) atoms. The van der Waals surface area contributed by atoms with E-state index in [1.165, 1.54) is 18.8 Å². The number of aromatic amines is 1. The summed E-state index contributed by atoms with van der Waals surface area (Å²) in [6, 6.07) is 8.49. The molecule has 2 bridgehead atoms. The Kier molecular flexibility index (Phi) is 3.68. The maximum atomic E-state index is 14.4. The van der Waals surface area contributed by atoms with Gasteiger partial charge in [0.2, 0.25) is 5.88 Å². The van der Waals surface area contributed by atoms with E-state index < -0.39 is 0 Å². The van der Waals surface area contributed by atoms with Crippen LogP contribution in [0.1, 0.15) is 50.1 Å². The zero-order valence-corrected chi connectivity index (χ0v) is 16.4. The highest BCUT2D eigenvalue weighted by molar-refractivity contribution is 5.61. The van der Waals surface area contributed by atoms with Crippen LogP contribution in [-0.4, -0.2) is 35.0 Å². The van der Waals surface area contributed by atoms with Crippen molar-refractivity contribution in [3.05, 3.63) is 53.9 Å². The van der Waals surface area contributed by atoms with E-state index >= 15 is 0 Å². The van der Waals surface area contributed by atoms with E-state index in [1.54, 1.807) is 22.7 Å². The Bertz CT molecular complexity index is 1220. The molecule has 8 nitrogen and oxygen atoms in total. The second-order valence-corrected chi connectivity index (χ2v) is 8.35. The summed E-state index contributed by atoms with van der Waals surface area (Å²) in [4.78, 5) is 4.20. The van der Waals surface area contributed by atoms with Gasteiger partial charge in [-0.25, -0.2) is 9.37 Å². The van der Waals surface area contributed by atoms with E-state index in [4.69, 9.17) is 9.84 Å². The van der Waals surface area contributed by atoms with Crippen LogP contribution < -0.4 is 4.74 Å². The number of fused-ring (bicyclic) bond motifs is 2. The number of nitrogens with zero attached hydrogens (tertiary/aromatic N) is 6. The van der Waals surface area contributed by atoms with Gasteiger partial charge in [-0.05, 0) is 56.7 Å². The van der Waals surface area contributed by atoms with Gasteiger partial charge in [0, 0.05) is 11.0 Å². The van der Waals surface area contributed by atoms with Crippen LogP contribution in [0.3, 0.4) is 0 Å². The lowest BCUT2D eigenvalue weighted by atomic mass is 9.66. The summed E-state index contributed by atoms with van der Waals surface area (Å²) in [6.45, 7) is 1.89. The van der Waals surface area contributed by atoms with Crippen molar-refractivity contribution in [3.8, 4) is 17.3 Å². The molecule has 1 aromatic carbocycles. The summed E-state index contributed by atoms with van der Waals surface area (Å²) in [5.74, 6) is 1.83. The van der Waals surface area contributed by atoms with Crippen molar-refractivity contribution in [1.29, 1.82) is 0 Å². The van der Waals surface area contributed by atoms with Crippen LogP contribution >= 0.6 is 0 Å². The average molecular weight is 405 g/mol. The van der Waals surface area contributed by atoms with Crippen molar-refractivity contribution in [2.24, 2.45) is 5.92 Å². The molecule has 1 atom stereocenters. The molecule has 7 rings (SSSR count). The summed E-state index contributed by atoms with van der Waals surface area (Å²) in [5.41, 5.74) is 2.07. The summed E-state index contributed by atoms with van der Waals surface area (Å²) < 4.78 is 22.2. The molecule has 3 saturated carbocycles. The molecule has 0 amide bonds. The Morgan fingerprint density at radius 3 is 2.87 bits per heavy atom. The molecule has 0 radical (unpaired) electrons. The Morgan fingerprint density at radius 2 is 2.13 bits per heavy atom. The largest absolute Gasteiger partial charge is 0.465 e. The van der Waals surface area contributed by atoms with E-state index in [1.807, 2.05) is 13.0 Å². The SMILES string of the molecule is CC(Oc1nn2c(-c3ccccc3F)nnc2cc1C12CCC(C1)C2)c1nc[nH]n1. The third-order valence-corrected chi connectivity index (χ3v) is 6.52. The lowest BCUT2D eigenvalue weighted by Gasteiger charge is -2.39. The molecule has 0 aliphatic heterocycles. The number of nitrogens with one attached hydrogen (secondary N) is 1. The molecular weight excluding hydrogens is 385 g/mol. The predicted molar refractivity (Wildman–Crippen MR) is 105 cm³/mol. The molecular formula is C21H20FN7O. The molecule has 1 N–H and O–H groups in total. The van der Waals surface area contributed by atoms with Crippen molar-refractivity contribution in [2.45, 2.75) is 44.1 Å². The molecule has 3 aliphatic rings. The Hall–Kier alpha value is -3.36. The smallest absolute Gasteiger partial charge is 0.236 e. The van der Waals surface area contributed by atoms with E-state index in [-0.39, 0.29) is 17.3 Å². The van der Waals surface area contributed by atoms with Crippen molar-refractivity contribution < 1.29 is 9.13 Å². The molecule has 3 aromatic heterocycles. The molecule has 3 aliphatic carbocycles. The van der Waals surface area contributed by atoms with Crippen LogP contribution in [-0.2, 0) is 5.41 Å². The Balaban J connectivity index is 1.50. The van der Waals surface area contributed by atoms with E-state index in [0.29, 0.717) is 28.7 Å². The monoisotopic (exact) mass is 405 g/mol. The minimum absolute atomic E-state index is 0.0809. The first-order chi connectivity index (χ1) is 14.6. The maximum Gasteiger partial charge on any atom is 0.236 e. The first-order valence-corrected chi connectivity index (χ1v) is 10.2. The fourth-order valence-corrected chi connectivity index (χ4v) is 5.02. The van der Waals surface area contributed by atoms with Crippen LogP contribution in [0.2, 0.25) is 0 Å². The molecule has 9 heteroatoms. The van der Waals surface area contributed by atoms with Crippen LogP contribution in [0.5, 0.6) is 5.88 Å². The lowest BCUT2D eigenvalue weighted by Crippen LogP contribution is -2.33. The molecule has 152 valence electrons. The summed E-state index contributed by atoms with van der Waals surface area (Å²) in [7, 11) is 0. The number of hydrogen-bond donors (Lipinski definition) is 1. The number of aromatic nitrogens is 7. The summed E-state index contributed by atoms with van der Waals surface area (Å²) in [6.07, 6.45) is 5.77. The quantitative estimate of drug-likeness (QED) is 0.545. The minimum atomic E-state index is -0.387. The standard InChI is InChI=1S/C21H20FN7O/c1-12(18-23-11-24-26-18)30-20-15(21-7-6-13(9-21)10-21)8-17-25-27-19(29(17)28-20)14-4-2-3-5-16(14)22/h2-5,8,11-13H,6-7,9-10H2,1H3,(H,23,24,26). The van der Waals surface area contributed by atoms with Crippen molar-refractivity contribution in [3.63, 3.8) is 0 Å². The number of H-pyrrole nitrogens is 1. The van der Waals surface area contributed by atoms with Gasteiger partial charge >= 0.3 is 0 Å². The van der Waals surface area contributed by atoms with Gasteiger partial charge in [0.15, 0.2) is 23.4 Å². The third kappa shape index (κ3) is 2.54. The Morgan fingerprint density at radius 1 is 1.27 bits per heavy atom. The topological polar surface area (TPSA) is 93.9 Å². The van der Waals surface area contributed by atoms with Crippen molar-refractivity contribution >= 4 is 5.65 Å². The zero-order chi connectivity index (χ0) is 20.3. The lowest BCUT2D eigenvalue weighted by molar-refractivity contribution is 0.183. The van der Waals surface area contributed by atoms with Gasteiger partial charge in [-0.3, -0.25) is 5.10 Å². The normalized spacial score (nSPS) is 23.5. The highest BCUT2D eigenvalue weighted by atomic mass is 19.1. The maximum absolute atomic E-state index is 14.4. The number of rotatable bonds is 5. The fraction of sp³-hybridized carbons (Fsp3) is 0.381. The molecule has 4 aromatic rings. The molecule has 3 fully saturated rings. The predicted octanol–water partition coefficient (Wildman–Crippen LogP) is 3.63. The molecule has 0 saturated heterocycles. The van der Waals surface area contributed by atoms with E-state index in [0.717, 1.165) is 30.7 Å². The second-order valence-electron chi connectivity index (χ2n) is 8.35. The van der Waals surface area contributed by atoms with Gasteiger partial charge in [-0.1, -0.05) is 12.1 Å². The Labute approximate surface area is 171 Å². The van der Waals surface area contributed by atoms with Crippen LogP contribution in [0.25, 0.3) is 17.0 Å². The van der Waals surface area contributed by atoms with Gasteiger partial charge in [-0.2, -0.15) is 9.61 Å². The van der Waals surface area contributed by atoms with Gasteiger partial charge in [-0.15, -0.1) is 15.3 Å².